The zero-order valence-electron chi connectivity index (χ0n) is 18.8. The Hall–Kier alpha value is -1.67. The minimum absolute atomic E-state index is 0.0183. The summed E-state index contributed by atoms with van der Waals surface area (Å²) in [5.74, 6) is 0.980. The number of rotatable bonds is 7. The molecule has 7 heteroatoms. The number of likely N-dealkylation sites (N-methyl/N-ethyl adjacent to an activating group) is 1. The van der Waals surface area contributed by atoms with Crippen molar-refractivity contribution >= 4 is 5.91 Å². The van der Waals surface area contributed by atoms with E-state index in [1.807, 2.05) is 12.1 Å². The van der Waals surface area contributed by atoms with Gasteiger partial charge in [-0.15, -0.1) is 0 Å². The second kappa shape index (κ2) is 10.8. The molecule has 1 amide bonds. The molecule has 0 radical (unpaired) electrons. The van der Waals surface area contributed by atoms with Crippen LogP contribution < -0.4 is 5.32 Å². The van der Waals surface area contributed by atoms with Crippen LogP contribution in [0.2, 0.25) is 0 Å². The number of piperazine rings is 1. The molecule has 4 rings (SSSR count). The SMILES string of the molecule is CN1CCN(C[C@H]2C[C@@H](C(=O)NCC3CCCO3)CN(Cc3ccc(O)cc3)C2)CC1. The van der Waals surface area contributed by atoms with Crippen LogP contribution in [0.15, 0.2) is 24.3 Å². The summed E-state index contributed by atoms with van der Waals surface area (Å²) in [6.07, 6.45) is 3.28. The first-order valence-corrected chi connectivity index (χ1v) is 11.9. The number of hydrogen-bond donors (Lipinski definition) is 2. The van der Waals surface area contributed by atoms with E-state index in [4.69, 9.17) is 4.74 Å². The smallest absolute Gasteiger partial charge is 0.224 e. The van der Waals surface area contributed by atoms with Crippen molar-refractivity contribution in [1.29, 1.82) is 0 Å². The van der Waals surface area contributed by atoms with Gasteiger partial charge in [0.05, 0.1) is 12.0 Å². The monoisotopic (exact) mass is 430 g/mol. The molecular formula is C24H38N4O3. The van der Waals surface area contributed by atoms with Gasteiger partial charge in [0.1, 0.15) is 5.75 Å². The van der Waals surface area contributed by atoms with Crippen LogP contribution in [-0.4, -0.2) is 97.8 Å². The van der Waals surface area contributed by atoms with Crippen molar-refractivity contribution in [3.63, 3.8) is 0 Å². The van der Waals surface area contributed by atoms with Gasteiger partial charge in [-0.25, -0.2) is 0 Å². The maximum absolute atomic E-state index is 13.0. The minimum atomic E-state index is 0.0183. The molecule has 3 heterocycles. The number of phenolic OH excluding ortho intramolecular Hbond substituents is 1. The first-order chi connectivity index (χ1) is 15.0. The maximum Gasteiger partial charge on any atom is 0.224 e. The number of amides is 1. The summed E-state index contributed by atoms with van der Waals surface area (Å²) < 4.78 is 5.67. The van der Waals surface area contributed by atoms with Gasteiger partial charge in [0.15, 0.2) is 0 Å². The first-order valence-electron chi connectivity index (χ1n) is 11.9. The molecule has 2 N–H and O–H groups in total. The molecule has 0 bridgehead atoms. The number of benzene rings is 1. The van der Waals surface area contributed by atoms with Crippen LogP contribution in [0, 0.1) is 11.8 Å². The van der Waals surface area contributed by atoms with Gasteiger partial charge < -0.3 is 25.0 Å². The summed E-state index contributed by atoms with van der Waals surface area (Å²) >= 11 is 0. The minimum Gasteiger partial charge on any atom is -0.508 e. The van der Waals surface area contributed by atoms with E-state index in [0.29, 0.717) is 18.2 Å². The Morgan fingerprint density at radius 2 is 1.90 bits per heavy atom. The van der Waals surface area contributed by atoms with Crippen LogP contribution in [0.3, 0.4) is 0 Å². The van der Waals surface area contributed by atoms with Gasteiger partial charge in [-0.3, -0.25) is 9.69 Å². The Labute approximate surface area is 186 Å². The van der Waals surface area contributed by atoms with E-state index in [9.17, 15) is 9.90 Å². The quantitative estimate of drug-likeness (QED) is 0.681. The van der Waals surface area contributed by atoms with Crippen molar-refractivity contribution in [3.8, 4) is 5.75 Å². The number of hydrogen-bond acceptors (Lipinski definition) is 6. The molecule has 3 saturated heterocycles. The molecule has 31 heavy (non-hydrogen) atoms. The van der Waals surface area contributed by atoms with Gasteiger partial charge in [0.2, 0.25) is 5.91 Å². The largest absolute Gasteiger partial charge is 0.508 e. The summed E-state index contributed by atoms with van der Waals surface area (Å²) in [6.45, 7) is 9.60. The Balaban J connectivity index is 1.36. The third-order valence-corrected chi connectivity index (χ3v) is 6.97. The van der Waals surface area contributed by atoms with E-state index in [-0.39, 0.29) is 17.9 Å². The van der Waals surface area contributed by atoms with E-state index in [2.05, 4.69) is 27.1 Å². The predicted molar refractivity (Wildman–Crippen MR) is 121 cm³/mol. The lowest BCUT2D eigenvalue weighted by Crippen LogP contribution is -2.51. The van der Waals surface area contributed by atoms with Crippen molar-refractivity contribution in [1.82, 2.24) is 20.0 Å². The van der Waals surface area contributed by atoms with E-state index >= 15 is 0 Å². The van der Waals surface area contributed by atoms with Gasteiger partial charge in [0.25, 0.3) is 0 Å². The molecule has 1 aromatic carbocycles. The molecule has 0 saturated carbocycles. The summed E-state index contributed by atoms with van der Waals surface area (Å²) in [5, 5.41) is 12.8. The lowest BCUT2D eigenvalue weighted by molar-refractivity contribution is -0.128. The van der Waals surface area contributed by atoms with Crippen LogP contribution in [0.4, 0.5) is 0 Å². The molecule has 0 aliphatic carbocycles. The van der Waals surface area contributed by atoms with Crippen molar-refractivity contribution in [3.05, 3.63) is 29.8 Å². The fourth-order valence-electron chi connectivity index (χ4n) is 5.17. The van der Waals surface area contributed by atoms with Crippen LogP contribution in [0.25, 0.3) is 0 Å². The van der Waals surface area contributed by atoms with Crippen molar-refractivity contribution in [2.45, 2.75) is 31.9 Å². The zero-order valence-corrected chi connectivity index (χ0v) is 18.8. The summed E-state index contributed by atoms with van der Waals surface area (Å²) in [7, 11) is 2.19. The van der Waals surface area contributed by atoms with Gasteiger partial charge in [-0.2, -0.15) is 0 Å². The summed E-state index contributed by atoms with van der Waals surface area (Å²) in [5.41, 5.74) is 1.18. The predicted octanol–water partition coefficient (Wildman–Crippen LogP) is 1.37. The van der Waals surface area contributed by atoms with E-state index in [1.165, 1.54) is 5.56 Å². The number of ether oxygens (including phenoxy) is 1. The van der Waals surface area contributed by atoms with Crippen molar-refractivity contribution < 1.29 is 14.6 Å². The van der Waals surface area contributed by atoms with E-state index in [1.54, 1.807) is 12.1 Å². The lowest BCUT2D eigenvalue weighted by Gasteiger charge is -2.41. The number of aromatic hydroxyl groups is 1. The number of nitrogens with zero attached hydrogens (tertiary/aromatic N) is 3. The molecule has 0 spiro atoms. The highest BCUT2D eigenvalue weighted by atomic mass is 16.5. The van der Waals surface area contributed by atoms with Crippen LogP contribution >= 0.6 is 0 Å². The molecule has 7 nitrogen and oxygen atoms in total. The van der Waals surface area contributed by atoms with Gasteiger partial charge in [-0.1, -0.05) is 12.1 Å². The fraction of sp³-hybridized carbons (Fsp3) is 0.708. The number of phenols is 1. The highest BCUT2D eigenvalue weighted by Crippen LogP contribution is 2.26. The van der Waals surface area contributed by atoms with Crippen LogP contribution in [0.1, 0.15) is 24.8 Å². The molecule has 172 valence electrons. The molecule has 1 aromatic rings. The van der Waals surface area contributed by atoms with Crippen LogP contribution in [-0.2, 0) is 16.1 Å². The highest BCUT2D eigenvalue weighted by Gasteiger charge is 2.33. The number of carbonyl (C=O) groups excluding carboxylic acids is 1. The van der Waals surface area contributed by atoms with Crippen LogP contribution in [0.5, 0.6) is 5.75 Å². The molecule has 0 aromatic heterocycles. The van der Waals surface area contributed by atoms with Crippen molar-refractivity contribution in [2.24, 2.45) is 11.8 Å². The van der Waals surface area contributed by atoms with Gasteiger partial charge >= 0.3 is 0 Å². The Bertz CT molecular complexity index is 699. The number of likely N-dealkylation sites (tertiary alicyclic amines) is 1. The number of piperidine rings is 1. The third kappa shape index (κ3) is 6.65. The summed E-state index contributed by atoms with van der Waals surface area (Å²) in [6, 6.07) is 7.44. The van der Waals surface area contributed by atoms with Gasteiger partial charge in [-0.05, 0) is 49.9 Å². The van der Waals surface area contributed by atoms with Gasteiger partial charge in [0, 0.05) is 65.5 Å². The molecule has 1 unspecified atom stereocenters. The molecule has 3 aliphatic heterocycles. The maximum atomic E-state index is 13.0. The molecule has 3 fully saturated rings. The third-order valence-electron chi connectivity index (χ3n) is 6.97. The topological polar surface area (TPSA) is 68.3 Å². The first kappa shape index (κ1) is 22.5. The fourth-order valence-corrected chi connectivity index (χ4v) is 5.17. The average molecular weight is 431 g/mol. The normalized spacial score (nSPS) is 28.6. The molecular weight excluding hydrogens is 392 g/mol. The molecule has 3 aliphatic rings. The lowest BCUT2D eigenvalue weighted by atomic mass is 9.87. The highest BCUT2D eigenvalue weighted by molar-refractivity contribution is 5.79. The second-order valence-corrected chi connectivity index (χ2v) is 9.64. The zero-order chi connectivity index (χ0) is 21.6. The van der Waals surface area contributed by atoms with Crippen molar-refractivity contribution in [2.75, 3.05) is 66.0 Å². The summed E-state index contributed by atoms with van der Waals surface area (Å²) in [4.78, 5) is 20.4. The second-order valence-electron chi connectivity index (χ2n) is 9.64. The number of carbonyl (C=O) groups is 1. The van der Waals surface area contributed by atoms with E-state index in [0.717, 1.165) is 78.2 Å². The Kier molecular flexibility index (Phi) is 7.82. The Morgan fingerprint density at radius 3 is 2.61 bits per heavy atom. The molecule has 3 atom stereocenters. The van der Waals surface area contributed by atoms with E-state index < -0.39 is 0 Å². The standard InChI is InChI=1S/C24H38N4O3/c1-26-8-10-27(11-9-26)16-20-13-21(24(30)25-14-23-3-2-12-31-23)18-28(17-20)15-19-4-6-22(29)7-5-19/h4-7,20-21,23,29H,2-3,8-18H2,1H3,(H,25,30)/t20-,21-,23?/m1/s1. The number of nitrogens with one attached hydrogen (secondary N) is 1. The average Bonchev–Trinajstić information content (AvgIpc) is 3.29. The Morgan fingerprint density at radius 1 is 1.13 bits per heavy atom.